The Kier molecular flexibility index (Phi) is 3.61. The maximum Gasteiger partial charge on any atom is 0.416 e. The molecule has 0 fully saturated rings. The zero-order valence-electron chi connectivity index (χ0n) is 10.2. The topological polar surface area (TPSA) is 52.0 Å². The lowest BCUT2D eigenvalue weighted by molar-refractivity contribution is -0.137. The third kappa shape index (κ3) is 2.96. The number of alkyl halides is 3. The molecule has 3 nitrogen and oxygen atoms in total. The first-order chi connectivity index (χ1) is 8.91. The number of hydrogen-bond acceptors (Lipinski definition) is 3. The van der Waals surface area contributed by atoms with Crippen LogP contribution in [0.1, 0.15) is 30.7 Å². The molecule has 0 spiro atoms. The van der Waals surface area contributed by atoms with Gasteiger partial charge in [-0.25, -0.2) is 0 Å². The summed E-state index contributed by atoms with van der Waals surface area (Å²) in [5.74, 6) is 0.468. The first-order valence-electron chi connectivity index (χ1n) is 5.81. The molecule has 0 aliphatic carbocycles. The van der Waals surface area contributed by atoms with E-state index in [0.29, 0.717) is 23.4 Å². The average Bonchev–Trinajstić information content (AvgIpc) is 2.86. The summed E-state index contributed by atoms with van der Waals surface area (Å²) in [7, 11) is 0. The molecule has 2 aromatic rings. The van der Waals surface area contributed by atoms with Crippen molar-refractivity contribution in [3.8, 4) is 11.3 Å². The van der Waals surface area contributed by atoms with Gasteiger partial charge in [0.05, 0.1) is 11.6 Å². The number of rotatable bonds is 3. The van der Waals surface area contributed by atoms with Crippen molar-refractivity contribution >= 4 is 0 Å². The van der Waals surface area contributed by atoms with Gasteiger partial charge in [0.1, 0.15) is 5.69 Å². The minimum atomic E-state index is -4.37. The smallest absolute Gasteiger partial charge is 0.359 e. The number of hydrogen-bond donors (Lipinski definition) is 1. The van der Waals surface area contributed by atoms with Crippen LogP contribution in [0, 0.1) is 0 Å². The molecule has 1 aromatic carbocycles. The molecule has 0 aliphatic rings. The molecule has 6 heteroatoms. The van der Waals surface area contributed by atoms with E-state index in [1.165, 1.54) is 6.07 Å². The van der Waals surface area contributed by atoms with Crippen LogP contribution in [-0.2, 0) is 6.18 Å². The molecule has 19 heavy (non-hydrogen) atoms. The molecule has 0 aliphatic heterocycles. The van der Waals surface area contributed by atoms with Gasteiger partial charge >= 0.3 is 6.18 Å². The van der Waals surface area contributed by atoms with Crippen molar-refractivity contribution in [2.24, 2.45) is 5.73 Å². The molecule has 1 heterocycles. The van der Waals surface area contributed by atoms with E-state index in [1.54, 1.807) is 12.1 Å². The molecule has 0 radical (unpaired) electrons. The predicted octanol–water partition coefficient (Wildman–Crippen LogP) is 3.77. The van der Waals surface area contributed by atoms with Crippen LogP contribution in [0.2, 0.25) is 0 Å². The molecule has 0 saturated carbocycles. The fourth-order valence-corrected chi connectivity index (χ4v) is 1.66. The number of nitrogens with zero attached hydrogens (tertiary/aromatic N) is 1. The zero-order chi connectivity index (χ0) is 14.0. The van der Waals surface area contributed by atoms with E-state index in [2.05, 4.69) is 5.16 Å². The Hall–Kier alpha value is -1.82. The molecule has 2 rings (SSSR count). The number of halogens is 3. The normalized spacial score (nSPS) is 13.5. The highest BCUT2D eigenvalue weighted by atomic mass is 19.4. The van der Waals surface area contributed by atoms with Crippen molar-refractivity contribution in [1.82, 2.24) is 5.16 Å². The van der Waals surface area contributed by atoms with Gasteiger partial charge in [-0.2, -0.15) is 13.2 Å². The Morgan fingerprint density at radius 3 is 2.68 bits per heavy atom. The summed E-state index contributed by atoms with van der Waals surface area (Å²) in [6.45, 7) is 1.89. The molecule has 1 atom stereocenters. The van der Waals surface area contributed by atoms with Crippen LogP contribution < -0.4 is 5.73 Å². The summed E-state index contributed by atoms with van der Waals surface area (Å²) in [5, 5.41) is 3.76. The van der Waals surface area contributed by atoms with Crippen molar-refractivity contribution in [2.75, 3.05) is 0 Å². The Balaban J connectivity index is 2.34. The van der Waals surface area contributed by atoms with Crippen LogP contribution >= 0.6 is 0 Å². The molecule has 0 bridgehead atoms. The minimum Gasteiger partial charge on any atom is -0.359 e. The van der Waals surface area contributed by atoms with Gasteiger partial charge in [0.25, 0.3) is 0 Å². The molecule has 1 aromatic heterocycles. The third-order valence-electron chi connectivity index (χ3n) is 2.82. The Morgan fingerprint density at radius 1 is 1.32 bits per heavy atom. The maximum absolute atomic E-state index is 12.6. The van der Waals surface area contributed by atoms with Gasteiger partial charge in [-0.05, 0) is 18.6 Å². The van der Waals surface area contributed by atoms with E-state index >= 15 is 0 Å². The standard InChI is InChI=1S/C13H13F3N2O/c1-2-10(17)12-7-11(18-19-12)8-4-3-5-9(6-8)13(14,15)16/h3-7,10H,2,17H2,1H3. The maximum atomic E-state index is 12.6. The Morgan fingerprint density at radius 2 is 2.05 bits per heavy atom. The number of aromatic nitrogens is 1. The summed E-state index contributed by atoms with van der Waals surface area (Å²) in [6.07, 6.45) is -3.71. The summed E-state index contributed by atoms with van der Waals surface area (Å²) in [5.41, 5.74) is 5.76. The van der Waals surface area contributed by atoms with Crippen molar-refractivity contribution < 1.29 is 17.7 Å². The predicted molar refractivity (Wildman–Crippen MR) is 64.2 cm³/mol. The molecule has 0 amide bonds. The van der Waals surface area contributed by atoms with Crippen molar-refractivity contribution in [3.05, 3.63) is 41.7 Å². The second kappa shape index (κ2) is 5.05. The van der Waals surface area contributed by atoms with Crippen LogP contribution in [-0.4, -0.2) is 5.16 Å². The first-order valence-corrected chi connectivity index (χ1v) is 5.81. The monoisotopic (exact) mass is 270 g/mol. The molecule has 102 valence electrons. The van der Waals surface area contributed by atoms with Gasteiger partial charge < -0.3 is 10.3 Å². The van der Waals surface area contributed by atoms with Gasteiger partial charge in [-0.15, -0.1) is 0 Å². The van der Waals surface area contributed by atoms with Gasteiger partial charge in [-0.1, -0.05) is 24.2 Å². The van der Waals surface area contributed by atoms with Crippen LogP contribution in [0.25, 0.3) is 11.3 Å². The number of benzene rings is 1. The quantitative estimate of drug-likeness (QED) is 0.923. The molecule has 1 unspecified atom stereocenters. The Labute approximate surface area is 108 Å². The van der Waals surface area contributed by atoms with E-state index in [0.717, 1.165) is 12.1 Å². The highest BCUT2D eigenvalue weighted by molar-refractivity contribution is 5.60. The lowest BCUT2D eigenvalue weighted by Crippen LogP contribution is -2.06. The summed E-state index contributed by atoms with van der Waals surface area (Å²) >= 11 is 0. The average molecular weight is 270 g/mol. The first kappa shape index (κ1) is 13.6. The molecular formula is C13H13F3N2O. The van der Waals surface area contributed by atoms with Gasteiger partial charge in [0, 0.05) is 11.6 Å². The van der Waals surface area contributed by atoms with E-state index in [9.17, 15) is 13.2 Å². The largest absolute Gasteiger partial charge is 0.416 e. The van der Waals surface area contributed by atoms with E-state index < -0.39 is 11.7 Å². The lowest BCUT2D eigenvalue weighted by Gasteiger charge is -2.07. The van der Waals surface area contributed by atoms with Crippen molar-refractivity contribution in [2.45, 2.75) is 25.6 Å². The molecular weight excluding hydrogens is 257 g/mol. The van der Waals surface area contributed by atoms with Crippen molar-refractivity contribution in [3.63, 3.8) is 0 Å². The SMILES string of the molecule is CCC(N)c1cc(-c2cccc(C(F)(F)F)c2)no1. The van der Waals surface area contributed by atoms with Gasteiger partial charge in [-0.3, -0.25) is 0 Å². The third-order valence-corrected chi connectivity index (χ3v) is 2.82. The van der Waals surface area contributed by atoms with Crippen LogP contribution in [0.15, 0.2) is 34.9 Å². The molecule has 2 N–H and O–H groups in total. The zero-order valence-corrected chi connectivity index (χ0v) is 10.2. The molecule has 0 saturated heterocycles. The minimum absolute atomic E-state index is 0.299. The second-order valence-electron chi connectivity index (χ2n) is 4.21. The van der Waals surface area contributed by atoms with E-state index in [-0.39, 0.29) is 6.04 Å². The van der Waals surface area contributed by atoms with E-state index in [4.69, 9.17) is 10.3 Å². The summed E-state index contributed by atoms with van der Waals surface area (Å²) < 4.78 is 42.9. The summed E-state index contributed by atoms with van der Waals surface area (Å²) in [6, 6.07) is 6.22. The van der Waals surface area contributed by atoms with Crippen LogP contribution in [0.3, 0.4) is 0 Å². The highest BCUT2D eigenvalue weighted by Gasteiger charge is 2.30. The fourth-order valence-electron chi connectivity index (χ4n) is 1.66. The lowest BCUT2D eigenvalue weighted by atomic mass is 10.1. The Bertz CT molecular complexity index is 563. The van der Waals surface area contributed by atoms with Gasteiger partial charge in [0.15, 0.2) is 5.76 Å². The second-order valence-corrected chi connectivity index (χ2v) is 4.21. The van der Waals surface area contributed by atoms with E-state index in [1.807, 2.05) is 6.92 Å². The highest BCUT2D eigenvalue weighted by Crippen LogP contribution is 2.32. The van der Waals surface area contributed by atoms with Crippen LogP contribution in [0.5, 0.6) is 0 Å². The van der Waals surface area contributed by atoms with Crippen LogP contribution in [0.4, 0.5) is 13.2 Å². The number of nitrogens with two attached hydrogens (primary N) is 1. The fraction of sp³-hybridized carbons (Fsp3) is 0.308. The van der Waals surface area contributed by atoms with Crippen molar-refractivity contribution in [1.29, 1.82) is 0 Å². The van der Waals surface area contributed by atoms with Gasteiger partial charge in [0.2, 0.25) is 0 Å². The summed E-state index contributed by atoms with van der Waals surface area (Å²) in [4.78, 5) is 0.